The van der Waals surface area contributed by atoms with Crippen molar-refractivity contribution in [3.8, 4) is 5.75 Å². The Morgan fingerprint density at radius 3 is 2.44 bits per heavy atom. The summed E-state index contributed by atoms with van der Waals surface area (Å²) >= 11 is 0. The summed E-state index contributed by atoms with van der Waals surface area (Å²) in [6.07, 6.45) is 0.110. The standard InChI is InChI=1S/C14H19NO3/c1-11(2)10-15(9-8-14(16)17)12-4-6-13(18-3)7-5-12/h4-7H,1,8-10H2,2-3H3,(H,16,17). The highest BCUT2D eigenvalue weighted by atomic mass is 16.5. The van der Waals surface area contributed by atoms with Crippen molar-refractivity contribution in [1.82, 2.24) is 0 Å². The van der Waals surface area contributed by atoms with Crippen LogP contribution in [0.15, 0.2) is 36.4 Å². The number of methoxy groups -OCH3 is 1. The van der Waals surface area contributed by atoms with E-state index in [2.05, 4.69) is 6.58 Å². The van der Waals surface area contributed by atoms with Crippen LogP contribution in [0.1, 0.15) is 13.3 Å². The van der Waals surface area contributed by atoms with Gasteiger partial charge in [-0.05, 0) is 31.2 Å². The lowest BCUT2D eigenvalue weighted by Crippen LogP contribution is -2.27. The highest BCUT2D eigenvalue weighted by molar-refractivity contribution is 5.67. The van der Waals surface area contributed by atoms with Gasteiger partial charge < -0.3 is 14.7 Å². The predicted octanol–water partition coefficient (Wildman–Crippen LogP) is 2.55. The highest BCUT2D eigenvalue weighted by Crippen LogP contribution is 2.20. The molecule has 0 saturated heterocycles. The van der Waals surface area contributed by atoms with Crippen LogP contribution in [0.3, 0.4) is 0 Å². The van der Waals surface area contributed by atoms with Crippen LogP contribution >= 0.6 is 0 Å². The minimum absolute atomic E-state index is 0.110. The molecular weight excluding hydrogens is 230 g/mol. The molecule has 1 aromatic carbocycles. The maximum atomic E-state index is 10.7. The van der Waals surface area contributed by atoms with Crippen molar-refractivity contribution in [1.29, 1.82) is 0 Å². The molecule has 0 heterocycles. The van der Waals surface area contributed by atoms with Crippen molar-refractivity contribution >= 4 is 11.7 Å². The van der Waals surface area contributed by atoms with E-state index in [-0.39, 0.29) is 6.42 Å². The third kappa shape index (κ3) is 4.49. The number of nitrogens with zero attached hydrogens (tertiary/aromatic N) is 1. The summed E-state index contributed by atoms with van der Waals surface area (Å²) in [5.74, 6) is -0.0116. The van der Waals surface area contributed by atoms with E-state index in [1.54, 1.807) is 7.11 Å². The molecule has 18 heavy (non-hydrogen) atoms. The number of anilines is 1. The maximum absolute atomic E-state index is 10.7. The number of ether oxygens (including phenoxy) is 1. The molecular formula is C14H19NO3. The van der Waals surface area contributed by atoms with Crippen molar-refractivity contribution in [3.05, 3.63) is 36.4 Å². The molecule has 98 valence electrons. The molecule has 0 spiro atoms. The number of carboxylic acid groups (broad SMARTS) is 1. The van der Waals surface area contributed by atoms with Crippen molar-refractivity contribution < 1.29 is 14.6 Å². The number of benzene rings is 1. The molecule has 0 unspecified atom stereocenters. The topological polar surface area (TPSA) is 49.8 Å². The number of aliphatic carboxylic acids is 1. The van der Waals surface area contributed by atoms with Crippen LogP contribution in [0, 0.1) is 0 Å². The van der Waals surface area contributed by atoms with Crippen molar-refractivity contribution in [2.75, 3.05) is 25.1 Å². The number of carboxylic acids is 1. The van der Waals surface area contributed by atoms with Gasteiger partial charge in [0.15, 0.2) is 0 Å². The first-order valence-electron chi connectivity index (χ1n) is 5.78. The summed E-state index contributed by atoms with van der Waals surface area (Å²) in [6, 6.07) is 7.57. The molecule has 0 fully saturated rings. The van der Waals surface area contributed by atoms with Crippen LogP contribution in [0.25, 0.3) is 0 Å². The molecule has 0 atom stereocenters. The normalized spacial score (nSPS) is 9.89. The second-order valence-corrected chi connectivity index (χ2v) is 4.22. The summed E-state index contributed by atoms with van der Waals surface area (Å²) in [6.45, 7) is 6.91. The molecule has 0 aliphatic rings. The number of rotatable bonds is 7. The van der Waals surface area contributed by atoms with Crippen LogP contribution in [-0.2, 0) is 4.79 Å². The Bertz CT molecular complexity index is 412. The van der Waals surface area contributed by atoms with E-state index in [1.165, 1.54) is 0 Å². The molecule has 0 amide bonds. The van der Waals surface area contributed by atoms with E-state index < -0.39 is 5.97 Å². The SMILES string of the molecule is C=C(C)CN(CCC(=O)O)c1ccc(OC)cc1. The first-order chi connectivity index (χ1) is 8.52. The van der Waals surface area contributed by atoms with Crippen molar-refractivity contribution in [3.63, 3.8) is 0 Å². The predicted molar refractivity (Wildman–Crippen MR) is 72.3 cm³/mol. The van der Waals surface area contributed by atoms with E-state index in [1.807, 2.05) is 36.1 Å². The quantitative estimate of drug-likeness (QED) is 0.754. The lowest BCUT2D eigenvalue weighted by atomic mass is 10.2. The van der Waals surface area contributed by atoms with Crippen LogP contribution in [0.2, 0.25) is 0 Å². The summed E-state index contributed by atoms with van der Waals surface area (Å²) < 4.78 is 5.10. The van der Waals surface area contributed by atoms with Gasteiger partial charge in [-0.3, -0.25) is 4.79 Å². The van der Waals surface area contributed by atoms with Crippen molar-refractivity contribution in [2.24, 2.45) is 0 Å². The summed E-state index contributed by atoms with van der Waals surface area (Å²) in [5, 5.41) is 8.76. The zero-order valence-electron chi connectivity index (χ0n) is 10.8. The number of hydrogen-bond donors (Lipinski definition) is 1. The highest BCUT2D eigenvalue weighted by Gasteiger charge is 2.09. The van der Waals surface area contributed by atoms with Gasteiger partial charge in [-0.15, -0.1) is 0 Å². The smallest absolute Gasteiger partial charge is 0.305 e. The lowest BCUT2D eigenvalue weighted by molar-refractivity contribution is -0.136. The Hall–Kier alpha value is -1.97. The molecule has 0 saturated carbocycles. The second kappa shape index (κ2) is 6.69. The molecule has 0 aromatic heterocycles. The zero-order chi connectivity index (χ0) is 13.5. The fourth-order valence-electron chi connectivity index (χ4n) is 1.65. The Morgan fingerprint density at radius 1 is 1.39 bits per heavy atom. The first kappa shape index (κ1) is 14.1. The van der Waals surface area contributed by atoms with E-state index in [0.717, 1.165) is 17.0 Å². The Kier molecular flexibility index (Phi) is 5.24. The van der Waals surface area contributed by atoms with Crippen LogP contribution in [0.4, 0.5) is 5.69 Å². The van der Waals surface area contributed by atoms with Gasteiger partial charge in [-0.2, -0.15) is 0 Å². The average Bonchev–Trinajstić information content (AvgIpc) is 2.34. The summed E-state index contributed by atoms with van der Waals surface area (Å²) in [5.41, 5.74) is 1.97. The third-order valence-corrected chi connectivity index (χ3v) is 2.49. The van der Waals surface area contributed by atoms with Crippen molar-refractivity contribution in [2.45, 2.75) is 13.3 Å². The molecule has 1 N–H and O–H groups in total. The maximum Gasteiger partial charge on any atom is 0.305 e. The van der Waals surface area contributed by atoms with Gasteiger partial charge >= 0.3 is 5.97 Å². The molecule has 0 aliphatic carbocycles. The van der Waals surface area contributed by atoms with Gasteiger partial charge in [-0.1, -0.05) is 12.2 Å². The van der Waals surface area contributed by atoms with Gasteiger partial charge in [0.1, 0.15) is 5.75 Å². The Labute approximate surface area is 107 Å². The monoisotopic (exact) mass is 249 g/mol. The van der Waals surface area contributed by atoms with E-state index in [0.29, 0.717) is 13.1 Å². The van der Waals surface area contributed by atoms with E-state index in [4.69, 9.17) is 9.84 Å². The number of carbonyl (C=O) groups is 1. The largest absolute Gasteiger partial charge is 0.497 e. The molecule has 0 aliphatic heterocycles. The molecule has 0 radical (unpaired) electrons. The van der Waals surface area contributed by atoms with Gasteiger partial charge in [-0.25, -0.2) is 0 Å². The van der Waals surface area contributed by atoms with Crippen LogP contribution < -0.4 is 9.64 Å². The van der Waals surface area contributed by atoms with E-state index in [9.17, 15) is 4.79 Å². The molecule has 4 heteroatoms. The minimum Gasteiger partial charge on any atom is -0.497 e. The summed E-state index contributed by atoms with van der Waals surface area (Å²) in [7, 11) is 1.62. The molecule has 0 bridgehead atoms. The lowest BCUT2D eigenvalue weighted by Gasteiger charge is -2.24. The van der Waals surface area contributed by atoms with Gasteiger partial charge in [0.05, 0.1) is 13.5 Å². The number of hydrogen-bond acceptors (Lipinski definition) is 3. The average molecular weight is 249 g/mol. The second-order valence-electron chi connectivity index (χ2n) is 4.22. The fraction of sp³-hybridized carbons (Fsp3) is 0.357. The Morgan fingerprint density at radius 2 is 2.00 bits per heavy atom. The fourth-order valence-corrected chi connectivity index (χ4v) is 1.65. The molecule has 1 rings (SSSR count). The first-order valence-corrected chi connectivity index (χ1v) is 5.78. The third-order valence-electron chi connectivity index (χ3n) is 2.49. The molecule has 1 aromatic rings. The summed E-state index contributed by atoms with van der Waals surface area (Å²) in [4.78, 5) is 12.6. The van der Waals surface area contributed by atoms with Gasteiger partial charge in [0.25, 0.3) is 0 Å². The zero-order valence-corrected chi connectivity index (χ0v) is 10.8. The minimum atomic E-state index is -0.796. The molecule has 4 nitrogen and oxygen atoms in total. The Balaban J connectivity index is 2.79. The van der Waals surface area contributed by atoms with Crippen LogP contribution in [0.5, 0.6) is 5.75 Å². The van der Waals surface area contributed by atoms with Gasteiger partial charge in [0, 0.05) is 18.8 Å². The van der Waals surface area contributed by atoms with Gasteiger partial charge in [0.2, 0.25) is 0 Å². The van der Waals surface area contributed by atoms with Crippen LogP contribution in [-0.4, -0.2) is 31.3 Å². The van der Waals surface area contributed by atoms with E-state index >= 15 is 0 Å².